The van der Waals surface area contributed by atoms with Crippen LogP contribution in [0.2, 0.25) is 0 Å². The van der Waals surface area contributed by atoms with Crippen molar-refractivity contribution in [2.75, 3.05) is 6.54 Å². The van der Waals surface area contributed by atoms with Gasteiger partial charge in [-0.1, -0.05) is 36.8 Å². The van der Waals surface area contributed by atoms with Crippen LogP contribution in [0.3, 0.4) is 0 Å². The van der Waals surface area contributed by atoms with Gasteiger partial charge in [0.05, 0.1) is 0 Å². The Kier molecular flexibility index (Phi) is 4.61. The zero-order valence-electron chi connectivity index (χ0n) is 9.29. The van der Waals surface area contributed by atoms with Gasteiger partial charge in [-0.2, -0.15) is 0 Å². The first-order valence-corrected chi connectivity index (χ1v) is 5.25. The number of aryl methyl sites for hydroxylation is 1. The minimum Gasteiger partial charge on any atom is -0.353 e. The van der Waals surface area contributed by atoms with Gasteiger partial charge in [0.2, 0.25) is 5.91 Å². The Hall–Kier alpha value is -1.57. The van der Waals surface area contributed by atoms with E-state index in [-0.39, 0.29) is 5.91 Å². The van der Waals surface area contributed by atoms with Gasteiger partial charge in [0.25, 0.3) is 0 Å². The fraction of sp³-hybridized carbons (Fsp3) is 0.308. The number of benzene rings is 1. The van der Waals surface area contributed by atoms with Crippen LogP contribution in [0, 0.1) is 6.92 Å². The van der Waals surface area contributed by atoms with Crippen LogP contribution in [0.1, 0.15) is 24.5 Å². The predicted molar refractivity (Wildman–Crippen MR) is 63.5 cm³/mol. The maximum absolute atomic E-state index is 11.2. The smallest absolute Gasteiger partial charge is 0.243 e. The third-order valence-corrected chi connectivity index (χ3v) is 2.05. The van der Waals surface area contributed by atoms with Gasteiger partial charge in [-0.3, -0.25) is 4.79 Å². The largest absolute Gasteiger partial charge is 0.353 e. The van der Waals surface area contributed by atoms with Crippen molar-refractivity contribution < 1.29 is 4.79 Å². The number of amides is 1. The van der Waals surface area contributed by atoms with Crippen LogP contribution < -0.4 is 5.32 Å². The van der Waals surface area contributed by atoms with Crippen LogP contribution >= 0.6 is 0 Å². The molecule has 0 radical (unpaired) electrons. The van der Waals surface area contributed by atoms with Gasteiger partial charge in [0, 0.05) is 12.6 Å². The first kappa shape index (κ1) is 11.5. The number of hydrogen-bond donors (Lipinski definition) is 1. The van der Waals surface area contributed by atoms with E-state index in [4.69, 9.17) is 0 Å². The molecule has 0 unspecified atom stereocenters. The third-order valence-electron chi connectivity index (χ3n) is 2.05. The van der Waals surface area contributed by atoms with Gasteiger partial charge >= 0.3 is 0 Å². The Labute approximate surface area is 91.0 Å². The minimum atomic E-state index is -0.0302. The number of hydrogen-bond acceptors (Lipinski definition) is 1. The van der Waals surface area contributed by atoms with Crippen molar-refractivity contribution in [2.45, 2.75) is 20.3 Å². The summed E-state index contributed by atoms with van der Waals surface area (Å²) in [7, 11) is 0. The van der Waals surface area contributed by atoms with Crippen molar-refractivity contribution in [3.8, 4) is 0 Å². The van der Waals surface area contributed by atoms with Gasteiger partial charge in [-0.15, -0.1) is 0 Å². The summed E-state index contributed by atoms with van der Waals surface area (Å²) in [5.74, 6) is -0.0302. The second-order valence-electron chi connectivity index (χ2n) is 3.54. The molecule has 0 saturated carbocycles. The standard InChI is InChI=1S/C13H17NO/c1-3-10-14-13(15)9-8-12-6-4-11(2)5-7-12/h4-9H,3,10H2,1-2H3,(H,14,15)/b9-8+. The molecule has 1 N–H and O–H groups in total. The van der Waals surface area contributed by atoms with Gasteiger partial charge in [0.1, 0.15) is 0 Å². The van der Waals surface area contributed by atoms with Crippen molar-refractivity contribution in [2.24, 2.45) is 0 Å². The highest BCUT2D eigenvalue weighted by atomic mass is 16.1. The zero-order chi connectivity index (χ0) is 11.1. The van der Waals surface area contributed by atoms with Gasteiger partial charge in [-0.05, 0) is 25.0 Å². The summed E-state index contributed by atoms with van der Waals surface area (Å²) in [5.41, 5.74) is 2.27. The molecule has 0 bridgehead atoms. The summed E-state index contributed by atoms with van der Waals surface area (Å²) in [6, 6.07) is 8.06. The van der Waals surface area contributed by atoms with Crippen molar-refractivity contribution in [3.05, 3.63) is 41.5 Å². The summed E-state index contributed by atoms with van der Waals surface area (Å²) >= 11 is 0. The molecule has 2 nitrogen and oxygen atoms in total. The topological polar surface area (TPSA) is 29.1 Å². The van der Waals surface area contributed by atoms with E-state index in [0.29, 0.717) is 0 Å². The summed E-state index contributed by atoms with van der Waals surface area (Å²) in [6.45, 7) is 4.81. The van der Waals surface area contributed by atoms with Crippen molar-refractivity contribution in [1.29, 1.82) is 0 Å². The molecule has 2 heteroatoms. The normalized spacial score (nSPS) is 10.5. The summed E-state index contributed by atoms with van der Waals surface area (Å²) < 4.78 is 0. The van der Waals surface area contributed by atoms with E-state index in [1.54, 1.807) is 6.08 Å². The molecular formula is C13H17NO. The van der Waals surface area contributed by atoms with E-state index < -0.39 is 0 Å². The molecule has 0 aliphatic heterocycles. The summed E-state index contributed by atoms with van der Waals surface area (Å²) in [5, 5.41) is 2.79. The fourth-order valence-electron chi connectivity index (χ4n) is 1.16. The number of nitrogens with one attached hydrogen (secondary N) is 1. The Bertz CT molecular complexity index is 338. The van der Waals surface area contributed by atoms with Crippen LogP contribution in [0.5, 0.6) is 0 Å². The molecule has 1 rings (SSSR count). The molecule has 0 spiro atoms. The van der Waals surface area contributed by atoms with E-state index in [9.17, 15) is 4.79 Å². The Morgan fingerprint density at radius 1 is 1.33 bits per heavy atom. The molecule has 0 saturated heterocycles. The second-order valence-corrected chi connectivity index (χ2v) is 3.54. The highest BCUT2D eigenvalue weighted by molar-refractivity contribution is 5.91. The summed E-state index contributed by atoms with van der Waals surface area (Å²) in [6.07, 6.45) is 4.36. The van der Waals surface area contributed by atoms with Crippen LogP contribution in [0.4, 0.5) is 0 Å². The quantitative estimate of drug-likeness (QED) is 0.748. The van der Waals surface area contributed by atoms with Crippen LogP contribution in [0.25, 0.3) is 6.08 Å². The lowest BCUT2D eigenvalue weighted by molar-refractivity contribution is -0.116. The lowest BCUT2D eigenvalue weighted by Gasteiger charge is -1.98. The minimum absolute atomic E-state index is 0.0302. The monoisotopic (exact) mass is 203 g/mol. The number of carbonyl (C=O) groups is 1. The average molecular weight is 203 g/mol. The molecule has 0 heterocycles. The second kappa shape index (κ2) is 6.02. The van der Waals surface area contributed by atoms with E-state index >= 15 is 0 Å². The Balaban J connectivity index is 2.50. The Morgan fingerprint density at radius 2 is 2.00 bits per heavy atom. The average Bonchev–Trinajstić information content (AvgIpc) is 2.25. The van der Waals surface area contributed by atoms with Crippen molar-refractivity contribution in [1.82, 2.24) is 5.32 Å². The highest BCUT2D eigenvalue weighted by Crippen LogP contribution is 2.04. The predicted octanol–water partition coefficient (Wildman–Crippen LogP) is 2.53. The number of rotatable bonds is 4. The molecule has 1 amide bonds. The first-order chi connectivity index (χ1) is 7.22. The summed E-state index contributed by atoms with van der Waals surface area (Å²) in [4.78, 5) is 11.2. The van der Waals surface area contributed by atoms with Crippen LogP contribution in [-0.2, 0) is 4.79 Å². The SMILES string of the molecule is CCCNC(=O)/C=C/c1ccc(C)cc1. The first-order valence-electron chi connectivity index (χ1n) is 5.25. The van der Waals surface area contributed by atoms with Crippen LogP contribution in [0.15, 0.2) is 30.3 Å². The Morgan fingerprint density at radius 3 is 2.60 bits per heavy atom. The lowest BCUT2D eigenvalue weighted by Crippen LogP contribution is -2.21. The van der Waals surface area contributed by atoms with Crippen LogP contribution in [-0.4, -0.2) is 12.5 Å². The molecule has 0 fully saturated rings. The highest BCUT2D eigenvalue weighted by Gasteiger charge is 1.92. The van der Waals surface area contributed by atoms with E-state index in [1.807, 2.05) is 44.2 Å². The molecular weight excluding hydrogens is 186 g/mol. The lowest BCUT2D eigenvalue weighted by atomic mass is 10.1. The molecule has 15 heavy (non-hydrogen) atoms. The van der Waals surface area contributed by atoms with E-state index in [2.05, 4.69) is 5.32 Å². The zero-order valence-corrected chi connectivity index (χ0v) is 9.29. The van der Waals surface area contributed by atoms with Gasteiger partial charge in [-0.25, -0.2) is 0 Å². The molecule has 0 aliphatic rings. The van der Waals surface area contributed by atoms with E-state index in [1.165, 1.54) is 5.56 Å². The van der Waals surface area contributed by atoms with Crippen molar-refractivity contribution >= 4 is 12.0 Å². The molecule has 1 aromatic rings. The number of carbonyl (C=O) groups excluding carboxylic acids is 1. The molecule has 0 atom stereocenters. The maximum atomic E-state index is 11.2. The molecule has 80 valence electrons. The third kappa shape index (κ3) is 4.45. The van der Waals surface area contributed by atoms with Crippen molar-refractivity contribution in [3.63, 3.8) is 0 Å². The fourth-order valence-corrected chi connectivity index (χ4v) is 1.16. The van der Waals surface area contributed by atoms with Gasteiger partial charge in [0.15, 0.2) is 0 Å². The molecule has 0 aromatic heterocycles. The van der Waals surface area contributed by atoms with Gasteiger partial charge < -0.3 is 5.32 Å². The molecule has 1 aromatic carbocycles. The maximum Gasteiger partial charge on any atom is 0.243 e. The van der Waals surface area contributed by atoms with E-state index in [0.717, 1.165) is 18.5 Å². The molecule has 0 aliphatic carbocycles.